The summed E-state index contributed by atoms with van der Waals surface area (Å²) in [5.74, 6) is 0.0331. The highest BCUT2D eigenvalue weighted by Crippen LogP contribution is 2.24. The maximum absolute atomic E-state index is 12.2. The highest BCUT2D eigenvalue weighted by molar-refractivity contribution is 5.99. The first-order valence-electron chi connectivity index (χ1n) is 11.4. The molecule has 0 spiro atoms. The Bertz CT molecular complexity index is 1070. The lowest BCUT2D eigenvalue weighted by molar-refractivity contribution is 0.100. The van der Waals surface area contributed by atoms with Gasteiger partial charge >= 0.3 is 0 Å². The molecular formula is C26H33N5O. The van der Waals surface area contributed by atoms with E-state index < -0.39 is 5.91 Å². The van der Waals surface area contributed by atoms with Crippen LogP contribution < -0.4 is 16.0 Å². The van der Waals surface area contributed by atoms with Crippen LogP contribution in [-0.4, -0.2) is 29.2 Å². The standard InChI is InChI=1S/C26H33N5O/c1-17-13-21(14-18(2)19(17)3)16-28-26-24(25(27)32)23(29-30-26)15-20-7-9-22(10-8-20)31-11-5-4-6-12-31/h7-10,13-14H,4-6,11-12,15-16H2,1-3H3,(H2,27,32)(H2,28,29,30). The summed E-state index contributed by atoms with van der Waals surface area (Å²) in [5.41, 5.74) is 14.3. The Morgan fingerprint density at radius 3 is 2.31 bits per heavy atom. The number of primary amides is 1. The Kier molecular flexibility index (Phi) is 6.49. The second-order valence-electron chi connectivity index (χ2n) is 8.89. The molecule has 0 radical (unpaired) electrons. The predicted octanol–water partition coefficient (Wildman–Crippen LogP) is 4.63. The lowest BCUT2D eigenvalue weighted by Gasteiger charge is -2.28. The lowest BCUT2D eigenvalue weighted by Crippen LogP contribution is -2.29. The molecule has 0 saturated carbocycles. The molecule has 168 valence electrons. The number of aromatic amines is 1. The van der Waals surface area contributed by atoms with E-state index in [0.717, 1.165) is 29.9 Å². The second kappa shape index (κ2) is 9.47. The molecule has 2 aromatic carbocycles. The maximum atomic E-state index is 12.2. The molecule has 1 saturated heterocycles. The van der Waals surface area contributed by atoms with Crippen molar-refractivity contribution in [2.24, 2.45) is 5.73 Å². The molecule has 32 heavy (non-hydrogen) atoms. The van der Waals surface area contributed by atoms with Crippen molar-refractivity contribution in [2.45, 2.75) is 53.0 Å². The van der Waals surface area contributed by atoms with Crippen LogP contribution in [0.15, 0.2) is 36.4 Å². The van der Waals surface area contributed by atoms with Gasteiger partial charge in [-0.3, -0.25) is 9.89 Å². The SMILES string of the molecule is Cc1cc(CNc2n[nH]c(Cc3ccc(N4CCCCC4)cc3)c2C(N)=O)cc(C)c1C. The molecule has 6 heteroatoms. The van der Waals surface area contributed by atoms with Crippen LogP contribution in [-0.2, 0) is 13.0 Å². The quantitative estimate of drug-likeness (QED) is 0.509. The summed E-state index contributed by atoms with van der Waals surface area (Å²) in [6.07, 6.45) is 4.42. The summed E-state index contributed by atoms with van der Waals surface area (Å²) < 4.78 is 0. The number of aromatic nitrogens is 2. The fourth-order valence-electron chi connectivity index (χ4n) is 4.49. The van der Waals surface area contributed by atoms with E-state index >= 15 is 0 Å². The van der Waals surface area contributed by atoms with E-state index in [-0.39, 0.29) is 0 Å². The van der Waals surface area contributed by atoms with Gasteiger partial charge in [-0.25, -0.2) is 0 Å². The number of anilines is 2. The van der Waals surface area contributed by atoms with Gasteiger partial charge in [0.05, 0.1) is 5.69 Å². The summed E-state index contributed by atoms with van der Waals surface area (Å²) >= 11 is 0. The van der Waals surface area contributed by atoms with Crippen molar-refractivity contribution >= 4 is 17.4 Å². The summed E-state index contributed by atoms with van der Waals surface area (Å²) in [6.45, 7) is 9.19. The number of rotatable bonds is 7. The zero-order valence-electron chi connectivity index (χ0n) is 19.3. The van der Waals surface area contributed by atoms with Crippen LogP contribution in [0.2, 0.25) is 0 Å². The van der Waals surface area contributed by atoms with E-state index in [4.69, 9.17) is 5.73 Å². The van der Waals surface area contributed by atoms with Gasteiger partial charge in [0.2, 0.25) is 0 Å². The first-order valence-corrected chi connectivity index (χ1v) is 11.4. The first-order chi connectivity index (χ1) is 15.4. The van der Waals surface area contributed by atoms with Crippen molar-refractivity contribution in [3.63, 3.8) is 0 Å². The minimum absolute atomic E-state index is 0.436. The van der Waals surface area contributed by atoms with Crippen molar-refractivity contribution in [1.29, 1.82) is 0 Å². The second-order valence-corrected chi connectivity index (χ2v) is 8.89. The van der Waals surface area contributed by atoms with Gasteiger partial charge < -0.3 is 16.0 Å². The number of hydrogen-bond acceptors (Lipinski definition) is 4. The summed E-state index contributed by atoms with van der Waals surface area (Å²) in [4.78, 5) is 14.7. The van der Waals surface area contributed by atoms with Gasteiger partial charge in [-0.2, -0.15) is 5.10 Å². The van der Waals surface area contributed by atoms with Crippen molar-refractivity contribution in [3.05, 3.63) is 75.5 Å². The number of nitrogens with one attached hydrogen (secondary N) is 2. The van der Waals surface area contributed by atoms with Crippen molar-refractivity contribution in [3.8, 4) is 0 Å². The number of benzene rings is 2. The largest absolute Gasteiger partial charge is 0.372 e. The van der Waals surface area contributed by atoms with Crippen LogP contribution in [0.1, 0.15) is 63.1 Å². The predicted molar refractivity (Wildman–Crippen MR) is 130 cm³/mol. The molecule has 2 heterocycles. The highest BCUT2D eigenvalue weighted by Gasteiger charge is 2.19. The molecule has 0 atom stereocenters. The van der Waals surface area contributed by atoms with Crippen LogP contribution in [0.3, 0.4) is 0 Å². The van der Waals surface area contributed by atoms with Crippen molar-refractivity contribution in [2.75, 3.05) is 23.3 Å². The number of nitrogens with zero attached hydrogens (tertiary/aromatic N) is 2. The zero-order chi connectivity index (χ0) is 22.7. The Balaban J connectivity index is 1.47. The van der Waals surface area contributed by atoms with Gasteiger partial charge in [0, 0.05) is 31.7 Å². The number of nitrogens with two attached hydrogens (primary N) is 1. The van der Waals surface area contributed by atoms with E-state index in [9.17, 15) is 4.79 Å². The number of aryl methyl sites for hydroxylation is 2. The summed E-state index contributed by atoms with van der Waals surface area (Å²) in [5, 5.41) is 10.7. The molecule has 1 fully saturated rings. The topological polar surface area (TPSA) is 87.0 Å². The third-order valence-electron chi connectivity index (χ3n) is 6.57. The normalized spacial score (nSPS) is 13.9. The van der Waals surface area contributed by atoms with Crippen LogP contribution in [0, 0.1) is 20.8 Å². The van der Waals surface area contributed by atoms with Crippen molar-refractivity contribution in [1.82, 2.24) is 10.2 Å². The molecule has 0 aliphatic carbocycles. The Hall–Kier alpha value is -3.28. The molecule has 1 aliphatic heterocycles. The van der Waals surface area contributed by atoms with Crippen LogP contribution in [0.4, 0.5) is 11.5 Å². The molecule has 1 aliphatic rings. The number of hydrogen-bond donors (Lipinski definition) is 3. The summed E-state index contributed by atoms with van der Waals surface area (Å²) in [7, 11) is 0. The average molecular weight is 432 g/mol. The molecule has 4 rings (SSSR count). The minimum Gasteiger partial charge on any atom is -0.372 e. The fourth-order valence-corrected chi connectivity index (χ4v) is 4.49. The molecule has 1 aromatic heterocycles. The number of amides is 1. The molecular weight excluding hydrogens is 398 g/mol. The van der Waals surface area contributed by atoms with Crippen molar-refractivity contribution < 1.29 is 4.79 Å². The number of carbonyl (C=O) groups is 1. The lowest BCUT2D eigenvalue weighted by atomic mass is 10.0. The zero-order valence-corrected chi connectivity index (χ0v) is 19.3. The van der Waals surface area contributed by atoms with Gasteiger partial charge in [-0.15, -0.1) is 0 Å². The van der Waals surface area contributed by atoms with Gasteiger partial charge in [-0.1, -0.05) is 24.3 Å². The van der Waals surface area contributed by atoms with E-state index in [1.165, 1.54) is 41.6 Å². The Labute approximate surface area is 190 Å². The third-order valence-corrected chi connectivity index (χ3v) is 6.57. The van der Waals surface area contributed by atoms with Gasteiger partial charge in [0.15, 0.2) is 5.82 Å². The van der Waals surface area contributed by atoms with Gasteiger partial charge in [0.25, 0.3) is 5.91 Å². The van der Waals surface area contributed by atoms with E-state index in [1.54, 1.807) is 0 Å². The Morgan fingerprint density at radius 1 is 1.03 bits per heavy atom. The van der Waals surface area contributed by atoms with Crippen LogP contribution in [0.5, 0.6) is 0 Å². The molecule has 0 unspecified atom stereocenters. The molecule has 3 aromatic rings. The van der Waals surface area contributed by atoms with Crippen LogP contribution >= 0.6 is 0 Å². The Morgan fingerprint density at radius 2 is 1.69 bits per heavy atom. The highest BCUT2D eigenvalue weighted by atomic mass is 16.1. The fraction of sp³-hybridized carbons (Fsp3) is 0.385. The van der Waals surface area contributed by atoms with Crippen LogP contribution in [0.25, 0.3) is 0 Å². The molecule has 4 N–H and O–H groups in total. The summed E-state index contributed by atoms with van der Waals surface area (Å²) in [6, 6.07) is 12.9. The smallest absolute Gasteiger partial charge is 0.254 e. The monoisotopic (exact) mass is 431 g/mol. The first kappa shape index (κ1) is 21.9. The third kappa shape index (κ3) is 4.79. The van der Waals surface area contributed by atoms with Gasteiger partial charge in [-0.05, 0) is 80.0 Å². The molecule has 1 amide bonds. The van der Waals surface area contributed by atoms with Gasteiger partial charge in [0.1, 0.15) is 5.56 Å². The average Bonchev–Trinajstić information content (AvgIpc) is 3.19. The minimum atomic E-state index is -0.475. The van der Waals surface area contributed by atoms with E-state index in [1.807, 2.05) is 0 Å². The van der Waals surface area contributed by atoms with E-state index in [0.29, 0.717) is 24.3 Å². The molecule has 0 bridgehead atoms. The number of carbonyl (C=O) groups excluding carboxylic acids is 1. The number of H-pyrrole nitrogens is 1. The maximum Gasteiger partial charge on any atom is 0.254 e. The molecule has 6 nitrogen and oxygen atoms in total. The van der Waals surface area contributed by atoms with E-state index in [2.05, 4.69) is 77.6 Å². The number of piperidine rings is 1.